The quantitative estimate of drug-likeness (QED) is 0.731. The molecule has 2 aromatic carbocycles. The summed E-state index contributed by atoms with van der Waals surface area (Å²) in [4.78, 5) is 47.6. The molecule has 0 unspecified atom stereocenters. The summed E-state index contributed by atoms with van der Waals surface area (Å²) >= 11 is 1.63. The molecule has 1 N–H and O–H groups in total. The number of nitrogens with one attached hydrogen (secondary N) is 1. The predicted molar refractivity (Wildman–Crippen MR) is 116 cm³/mol. The topological polar surface area (TPSA) is 91.2 Å². The third-order valence-corrected chi connectivity index (χ3v) is 5.47. The number of imide groups is 1. The van der Waals surface area contributed by atoms with Crippen LogP contribution in [-0.2, 0) is 16.1 Å². The van der Waals surface area contributed by atoms with Crippen molar-refractivity contribution in [1.82, 2.24) is 10.2 Å². The Balaban J connectivity index is 1.42. The van der Waals surface area contributed by atoms with Crippen LogP contribution in [0.3, 0.4) is 0 Å². The lowest BCUT2D eigenvalue weighted by Crippen LogP contribution is -2.50. The van der Waals surface area contributed by atoms with E-state index in [9.17, 15) is 14.4 Å². The molecule has 0 saturated heterocycles. The number of thioether (sulfide) groups is 1. The van der Waals surface area contributed by atoms with E-state index >= 15 is 0 Å². The lowest BCUT2D eigenvalue weighted by Gasteiger charge is -2.23. The van der Waals surface area contributed by atoms with Crippen molar-refractivity contribution in [2.24, 2.45) is 9.98 Å². The molecule has 0 fully saturated rings. The van der Waals surface area contributed by atoms with Gasteiger partial charge < -0.3 is 5.32 Å². The van der Waals surface area contributed by atoms with Crippen molar-refractivity contribution in [3.05, 3.63) is 71.9 Å². The SMILES string of the molecule is CSc1ccc(CNC(=O)CN2C(=O)N=C3C(c4ccccc4)=CN=C3C2=O)cc1. The van der Waals surface area contributed by atoms with Gasteiger partial charge in [0.25, 0.3) is 5.91 Å². The van der Waals surface area contributed by atoms with Crippen molar-refractivity contribution in [2.75, 3.05) is 12.8 Å². The van der Waals surface area contributed by atoms with Crippen molar-refractivity contribution in [1.29, 1.82) is 0 Å². The Hall–Kier alpha value is -3.52. The maximum atomic E-state index is 12.8. The van der Waals surface area contributed by atoms with Crippen molar-refractivity contribution < 1.29 is 14.4 Å². The van der Waals surface area contributed by atoms with E-state index in [0.29, 0.717) is 12.1 Å². The zero-order valence-corrected chi connectivity index (χ0v) is 17.0. The first-order valence-corrected chi connectivity index (χ1v) is 10.5. The summed E-state index contributed by atoms with van der Waals surface area (Å²) in [5.74, 6) is -1.06. The average molecular weight is 418 g/mol. The predicted octanol–water partition coefficient (Wildman–Crippen LogP) is 2.92. The summed E-state index contributed by atoms with van der Waals surface area (Å²) in [7, 11) is 0. The van der Waals surface area contributed by atoms with Crippen molar-refractivity contribution in [2.45, 2.75) is 11.4 Å². The minimum atomic E-state index is -0.767. The fraction of sp³-hybridized carbons (Fsp3) is 0.136. The van der Waals surface area contributed by atoms with Gasteiger partial charge in [-0.2, -0.15) is 4.99 Å². The lowest BCUT2D eigenvalue weighted by atomic mass is 9.99. The van der Waals surface area contributed by atoms with Gasteiger partial charge in [0.15, 0.2) is 5.71 Å². The number of carbonyl (C=O) groups excluding carboxylic acids is 3. The first kappa shape index (κ1) is 19.8. The van der Waals surface area contributed by atoms with Gasteiger partial charge in [-0.3, -0.25) is 9.59 Å². The highest BCUT2D eigenvalue weighted by Gasteiger charge is 2.38. The van der Waals surface area contributed by atoms with Gasteiger partial charge in [-0.15, -0.1) is 11.8 Å². The molecule has 0 aliphatic carbocycles. The Morgan fingerprint density at radius 3 is 2.47 bits per heavy atom. The molecule has 2 heterocycles. The van der Waals surface area contributed by atoms with Crippen LogP contribution < -0.4 is 5.32 Å². The number of aliphatic imine (C=N–C) groups is 2. The molecule has 7 nitrogen and oxygen atoms in total. The summed E-state index contributed by atoms with van der Waals surface area (Å²) in [5.41, 5.74) is 2.68. The van der Waals surface area contributed by atoms with Gasteiger partial charge in [0.1, 0.15) is 12.3 Å². The van der Waals surface area contributed by atoms with Crippen LogP contribution in [0.2, 0.25) is 0 Å². The number of carbonyl (C=O) groups is 3. The number of urea groups is 1. The van der Waals surface area contributed by atoms with Gasteiger partial charge in [-0.1, -0.05) is 42.5 Å². The zero-order chi connectivity index (χ0) is 21.1. The minimum Gasteiger partial charge on any atom is -0.350 e. The Morgan fingerprint density at radius 1 is 1.03 bits per heavy atom. The van der Waals surface area contributed by atoms with E-state index in [1.807, 2.05) is 60.9 Å². The lowest BCUT2D eigenvalue weighted by molar-refractivity contribution is -0.128. The molecule has 0 saturated carbocycles. The van der Waals surface area contributed by atoms with Crippen molar-refractivity contribution in [3.63, 3.8) is 0 Å². The number of benzene rings is 2. The molecule has 2 aromatic rings. The van der Waals surface area contributed by atoms with Crippen LogP contribution in [0.25, 0.3) is 5.57 Å². The number of rotatable bonds is 6. The van der Waals surface area contributed by atoms with Crippen LogP contribution in [0.4, 0.5) is 4.79 Å². The largest absolute Gasteiger partial charge is 0.351 e. The van der Waals surface area contributed by atoms with Gasteiger partial charge in [-0.05, 0) is 29.5 Å². The van der Waals surface area contributed by atoms with E-state index in [2.05, 4.69) is 15.3 Å². The Labute approximate surface area is 177 Å². The molecule has 2 aliphatic rings. The van der Waals surface area contributed by atoms with Gasteiger partial charge in [0.2, 0.25) is 5.91 Å². The molecular formula is C22H18N4O3S. The van der Waals surface area contributed by atoms with E-state index in [4.69, 9.17) is 0 Å². The summed E-state index contributed by atoms with van der Waals surface area (Å²) in [6, 6.07) is 16.3. The van der Waals surface area contributed by atoms with E-state index in [0.717, 1.165) is 20.9 Å². The Kier molecular flexibility index (Phi) is 5.58. The summed E-state index contributed by atoms with van der Waals surface area (Å²) in [6.45, 7) is -0.101. The molecule has 2 aliphatic heterocycles. The Morgan fingerprint density at radius 2 is 1.77 bits per heavy atom. The fourth-order valence-electron chi connectivity index (χ4n) is 3.13. The molecule has 0 bridgehead atoms. The molecular weight excluding hydrogens is 400 g/mol. The first-order chi connectivity index (χ1) is 14.6. The summed E-state index contributed by atoms with van der Waals surface area (Å²) in [5, 5.41) is 2.73. The van der Waals surface area contributed by atoms with Crippen molar-refractivity contribution in [3.8, 4) is 0 Å². The number of nitrogens with zero attached hydrogens (tertiary/aromatic N) is 3. The van der Waals surface area contributed by atoms with Gasteiger partial charge in [0, 0.05) is 23.2 Å². The third kappa shape index (κ3) is 3.95. The standard InChI is InChI=1S/C22H18N4O3S/c1-30-16-9-7-14(8-10-16)11-23-18(27)13-26-21(28)20-19(25-22(26)29)17(12-24-20)15-5-3-2-4-6-15/h2-10,12H,11,13H2,1H3,(H,23,27). The normalized spacial score (nSPS) is 15.4. The average Bonchev–Trinajstić information content (AvgIpc) is 3.20. The number of allylic oxidation sites excluding steroid dienone is 1. The Bertz CT molecular complexity index is 1100. The second-order valence-corrected chi connectivity index (χ2v) is 7.53. The van der Waals surface area contributed by atoms with Crippen LogP contribution in [0.5, 0.6) is 0 Å². The number of hydrogen-bond donors (Lipinski definition) is 1. The highest BCUT2D eigenvalue weighted by molar-refractivity contribution is 7.98. The molecule has 0 radical (unpaired) electrons. The second-order valence-electron chi connectivity index (χ2n) is 6.65. The molecule has 0 aromatic heterocycles. The summed E-state index contributed by atoms with van der Waals surface area (Å²) in [6.07, 6.45) is 3.51. The number of amides is 4. The number of fused-ring (bicyclic) bond motifs is 1. The van der Waals surface area contributed by atoms with Gasteiger partial charge >= 0.3 is 6.03 Å². The van der Waals surface area contributed by atoms with E-state index < -0.39 is 24.4 Å². The van der Waals surface area contributed by atoms with Crippen molar-refractivity contribution >= 4 is 46.6 Å². The van der Waals surface area contributed by atoms with E-state index in [1.54, 1.807) is 11.8 Å². The van der Waals surface area contributed by atoms with E-state index in [-0.39, 0.29) is 11.4 Å². The molecule has 4 rings (SSSR count). The zero-order valence-electron chi connectivity index (χ0n) is 16.2. The molecule has 8 heteroatoms. The van der Waals surface area contributed by atoms with Gasteiger partial charge in [0.05, 0.1) is 0 Å². The monoisotopic (exact) mass is 418 g/mol. The maximum absolute atomic E-state index is 12.8. The molecule has 0 atom stereocenters. The van der Waals surface area contributed by atoms with Crippen LogP contribution in [0.1, 0.15) is 11.1 Å². The maximum Gasteiger partial charge on any atom is 0.351 e. The molecule has 4 amide bonds. The second kappa shape index (κ2) is 8.46. The van der Waals surface area contributed by atoms with Gasteiger partial charge in [-0.25, -0.2) is 14.7 Å². The molecule has 0 spiro atoms. The van der Waals surface area contributed by atoms with Crippen LogP contribution in [0.15, 0.2) is 75.7 Å². The third-order valence-electron chi connectivity index (χ3n) is 4.72. The highest BCUT2D eigenvalue weighted by Crippen LogP contribution is 2.25. The first-order valence-electron chi connectivity index (χ1n) is 9.25. The van der Waals surface area contributed by atoms with Crippen LogP contribution in [0, 0.1) is 0 Å². The molecule has 30 heavy (non-hydrogen) atoms. The molecule has 150 valence electrons. The smallest absolute Gasteiger partial charge is 0.350 e. The fourth-order valence-corrected chi connectivity index (χ4v) is 3.54. The summed E-state index contributed by atoms with van der Waals surface area (Å²) < 4.78 is 0. The van der Waals surface area contributed by atoms with E-state index in [1.165, 1.54) is 6.20 Å². The van der Waals surface area contributed by atoms with Crippen LogP contribution >= 0.6 is 11.8 Å². The minimum absolute atomic E-state index is 0.0777. The van der Waals surface area contributed by atoms with Crippen LogP contribution in [-0.4, -0.2) is 47.0 Å². The highest BCUT2D eigenvalue weighted by atomic mass is 32.2. The number of hydrogen-bond acceptors (Lipinski definition) is 5.